The molecule has 0 saturated heterocycles. The third kappa shape index (κ3) is 13.4. The van der Waals surface area contributed by atoms with Crippen molar-refractivity contribution in [2.75, 3.05) is 12.3 Å². The predicted octanol–water partition coefficient (Wildman–Crippen LogP) is 5.45. The molecule has 0 radical (unpaired) electrons. The summed E-state index contributed by atoms with van der Waals surface area (Å²) < 4.78 is 69.2. The number of hydrogen-bond acceptors (Lipinski definition) is 6. The van der Waals surface area contributed by atoms with Crippen LogP contribution in [-0.4, -0.2) is 61.1 Å². The minimum Gasteiger partial charge on any atom is -0.390 e. The maximum atomic E-state index is 14.1. The molecule has 2 amide bonds. The Hall–Kier alpha value is -3.45. The first-order valence-corrected chi connectivity index (χ1v) is 18.1. The van der Waals surface area contributed by atoms with Crippen molar-refractivity contribution in [1.82, 2.24) is 16.0 Å². The Bertz CT molecular complexity index is 1600. The highest BCUT2D eigenvalue weighted by Crippen LogP contribution is 2.18. The van der Waals surface area contributed by atoms with Crippen molar-refractivity contribution in [3.05, 3.63) is 106 Å². The van der Waals surface area contributed by atoms with Crippen LogP contribution in [0.25, 0.3) is 0 Å². The Labute approximate surface area is 293 Å². The standard InChI is InChI=1S/C36H46F3N3O5S.ClH/c1-4-9-31(10-5-2)48(46,47)23-33(42-35(44)27-13-8-14-28(37)19-27)36(45)41-32(18-26-16-29(38)20-30(39)17-26)34(43)22-40-21-25-12-7-11-24(6-3)15-25;/h7-8,11-17,19-20,31-34,40,43H,4-6,9-10,18,21-23H2,1-3H3,(H,41,45)(H,42,44);1H/t32-,33+,34+;/m0./s1. The highest BCUT2D eigenvalue weighted by Gasteiger charge is 2.34. The fraction of sp³-hybridized carbons (Fsp3) is 0.444. The number of aliphatic hydroxyl groups is 1. The van der Waals surface area contributed by atoms with Gasteiger partial charge in [-0.2, -0.15) is 0 Å². The first-order valence-electron chi connectivity index (χ1n) is 16.3. The summed E-state index contributed by atoms with van der Waals surface area (Å²) in [6.45, 7) is 6.09. The lowest BCUT2D eigenvalue weighted by Gasteiger charge is -2.28. The number of benzene rings is 3. The van der Waals surface area contributed by atoms with E-state index in [0.29, 0.717) is 38.3 Å². The Kier molecular flexibility index (Phi) is 17.3. The van der Waals surface area contributed by atoms with Crippen molar-refractivity contribution < 1.29 is 36.3 Å². The molecule has 3 aromatic rings. The van der Waals surface area contributed by atoms with Crippen LogP contribution in [0.5, 0.6) is 0 Å². The molecule has 0 unspecified atom stereocenters. The molecule has 8 nitrogen and oxygen atoms in total. The molecule has 3 rings (SSSR count). The molecule has 0 heterocycles. The van der Waals surface area contributed by atoms with Crippen LogP contribution in [0.1, 0.15) is 73.5 Å². The van der Waals surface area contributed by atoms with Gasteiger partial charge in [-0.3, -0.25) is 9.59 Å². The number of hydrogen-bond donors (Lipinski definition) is 4. The molecule has 270 valence electrons. The van der Waals surface area contributed by atoms with Crippen LogP contribution in [0, 0.1) is 17.5 Å². The lowest BCUT2D eigenvalue weighted by atomic mass is 10.00. The van der Waals surface area contributed by atoms with Gasteiger partial charge in [-0.15, -0.1) is 12.4 Å². The van der Waals surface area contributed by atoms with Crippen LogP contribution >= 0.6 is 12.4 Å². The van der Waals surface area contributed by atoms with E-state index < -0.39 is 68.3 Å². The van der Waals surface area contributed by atoms with Gasteiger partial charge in [-0.25, -0.2) is 21.6 Å². The summed E-state index contributed by atoms with van der Waals surface area (Å²) in [5.74, 6) is -4.92. The molecule has 0 spiro atoms. The van der Waals surface area contributed by atoms with Gasteiger partial charge in [0.05, 0.1) is 23.1 Å². The van der Waals surface area contributed by atoms with E-state index in [2.05, 4.69) is 16.0 Å². The topological polar surface area (TPSA) is 125 Å². The fourth-order valence-corrected chi connectivity index (χ4v) is 7.75. The van der Waals surface area contributed by atoms with Gasteiger partial charge in [0.15, 0.2) is 9.84 Å². The lowest BCUT2D eigenvalue weighted by Crippen LogP contribution is -2.57. The van der Waals surface area contributed by atoms with E-state index in [4.69, 9.17) is 0 Å². The van der Waals surface area contributed by atoms with E-state index in [0.717, 1.165) is 41.8 Å². The van der Waals surface area contributed by atoms with Gasteiger partial charge in [-0.05, 0) is 72.7 Å². The van der Waals surface area contributed by atoms with E-state index in [1.165, 1.54) is 12.1 Å². The molecule has 0 bridgehead atoms. The minimum atomic E-state index is -3.93. The van der Waals surface area contributed by atoms with Crippen molar-refractivity contribution in [1.29, 1.82) is 0 Å². The molecular weight excluding hydrogens is 679 g/mol. The van der Waals surface area contributed by atoms with Gasteiger partial charge < -0.3 is 21.1 Å². The SMILES string of the molecule is CCCC(CCC)S(=O)(=O)C[C@@H](NC(=O)c1cccc(F)c1)C(=O)N[C@@H](Cc1cc(F)cc(F)c1)[C@H](O)CNCc1cccc(CC)c1.Cl. The maximum absolute atomic E-state index is 14.1. The summed E-state index contributed by atoms with van der Waals surface area (Å²) in [5, 5.41) is 18.7. The Morgan fingerprint density at radius 3 is 2.04 bits per heavy atom. The largest absolute Gasteiger partial charge is 0.390 e. The summed E-state index contributed by atoms with van der Waals surface area (Å²) >= 11 is 0. The number of carbonyl (C=O) groups is 2. The van der Waals surface area contributed by atoms with Crippen molar-refractivity contribution >= 4 is 34.1 Å². The van der Waals surface area contributed by atoms with Crippen LogP contribution < -0.4 is 16.0 Å². The summed E-state index contributed by atoms with van der Waals surface area (Å²) in [6.07, 6.45) is 1.25. The second-order valence-corrected chi connectivity index (χ2v) is 14.4. The van der Waals surface area contributed by atoms with Crippen molar-refractivity contribution in [2.45, 2.75) is 89.3 Å². The van der Waals surface area contributed by atoms with Crippen LogP contribution in [0.4, 0.5) is 13.2 Å². The third-order valence-corrected chi connectivity index (χ3v) is 10.4. The molecule has 0 aromatic heterocycles. The number of amides is 2. The number of nitrogens with one attached hydrogen (secondary N) is 3. The summed E-state index contributed by atoms with van der Waals surface area (Å²) in [7, 11) is -3.93. The van der Waals surface area contributed by atoms with Gasteiger partial charge >= 0.3 is 0 Å². The summed E-state index contributed by atoms with van der Waals surface area (Å²) in [6, 6.07) is 12.7. The van der Waals surface area contributed by atoms with Crippen LogP contribution in [0.3, 0.4) is 0 Å². The van der Waals surface area contributed by atoms with Crippen LogP contribution in [0.2, 0.25) is 0 Å². The van der Waals surface area contributed by atoms with E-state index in [-0.39, 0.29) is 36.5 Å². The van der Waals surface area contributed by atoms with Gasteiger partial charge in [0.2, 0.25) is 5.91 Å². The van der Waals surface area contributed by atoms with Gasteiger partial charge in [-0.1, -0.05) is 63.9 Å². The Morgan fingerprint density at radius 2 is 1.43 bits per heavy atom. The van der Waals surface area contributed by atoms with Gasteiger partial charge in [0.25, 0.3) is 5.91 Å². The zero-order valence-electron chi connectivity index (χ0n) is 28.1. The quantitative estimate of drug-likeness (QED) is 0.130. The number of sulfone groups is 1. The number of aryl methyl sites for hydroxylation is 1. The molecule has 0 aliphatic heterocycles. The Morgan fingerprint density at radius 1 is 0.796 bits per heavy atom. The maximum Gasteiger partial charge on any atom is 0.252 e. The van der Waals surface area contributed by atoms with E-state index >= 15 is 0 Å². The molecule has 3 atom stereocenters. The third-order valence-electron chi connectivity index (χ3n) is 8.09. The Balaban J connectivity index is 0.00000833. The van der Waals surface area contributed by atoms with Crippen molar-refractivity contribution in [2.24, 2.45) is 0 Å². The predicted molar refractivity (Wildman–Crippen MR) is 188 cm³/mol. The second kappa shape index (κ2) is 20.3. The fourth-order valence-electron chi connectivity index (χ4n) is 5.59. The molecule has 0 saturated carbocycles. The normalized spacial score (nSPS) is 13.3. The zero-order valence-corrected chi connectivity index (χ0v) is 29.7. The molecule has 4 N–H and O–H groups in total. The van der Waals surface area contributed by atoms with Crippen molar-refractivity contribution in [3.63, 3.8) is 0 Å². The van der Waals surface area contributed by atoms with Crippen LogP contribution in [-0.2, 0) is 34.0 Å². The summed E-state index contributed by atoms with van der Waals surface area (Å²) in [4.78, 5) is 27.0. The first-order chi connectivity index (χ1) is 22.8. The zero-order chi connectivity index (χ0) is 35.3. The molecule has 0 fully saturated rings. The first kappa shape index (κ1) is 41.7. The van der Waals surface area contributed by atoms with Crippen LogP contribution in [0.15, 0.2) is 66.7 Å². The summed E-state index contributed by atoms with van der Waals surface area (Å²) in [5.41, 5.74) is 2.13. The van der Waals surface area contributed by atoms with E-state index in [1.807, 2.05) is 45.0 Å². The molecule has 0 aliphatic rings. The molecule has 49 heavy (non-hydrogen) atoms. The van der Waals surface area contributed by atoms with E-state index in [1.54, 1.807) is 0 Å². The highest BCUT2D eigenvalue weighted by atomic mass is 35.5. The molecular formula is C36H47ClF3N3O5S. The molecule has 13 heteroatoms. The van der Waals surface area contributed by atoms with Gasteiger partial charge in [0, 0.05) is 24.7 Å². The number of rotatable bonds is 19. The average molecular weight is 726 g/mol. The minimum absolute atomic E-state index is 0. The molecule has 3 aromatic carbocycles. The van der Waals surface area contributed by atoms with Crippen molar-refractivity contribution in [3.8, 4) is 0 Å². The van der Waals surface area contributed by atoms with E-state index in [9.17, 15) is 36.3 Å². The second-order valence-electron chi connectivity index (χ2n) is 12.0. The number of halogens is 4. The lowest BCUT2D eigenvalue weighted by molar-refractivity contribution is -0.124. The van der Waals surface area contributed by atoms with Gasteiger partial charge in [0.1, 0.15) is 23.5 Å². The molecule has 0 aliphatic carbocycles. The smallest absolute Gasteiger partial charge is 0.252 e. The number of carbonyl (C=O) groups excluding carboxylic acids is 2. The number of aliphatic hydroxyl groups excluding tert-OH is 1. The highest BCUT2D eigenvalue weighted by molar-refractivity contribution is 7.92. The average Bonchev–Trinajstić information content (AvgIpc) is 3.03. The monoisotopic (exact) mass is 725 g/mol.